The molecule has 3 aliphatic heterocycles. The first-order valence-electron chi connectivity index (χ1n) is 8.01. The maximum absolute atomic E-state index is 11.9. The maximum Gasteiger partial charge on any atom is 0.258 e. The first-order chi connectivity index (χ1) is 10.8. The van der Waals surface area contributed by atoms with E-state index in [1.54, 1.807) is 4.90 Å². The van der Waals surface area contributed by atoms with Gasteiger partial charge in [-0.1, -0.05) is 24.1 Å². The Hall–Kier alpha value is -1.99. The average molecular weight is 299 g/mol. The van der Waals surface area contributed by atoms with E-state index in [2.05, 4.69) is 11.2 Å². The molecular formula is C18H23N2O2+. The van der Waals surface area contributed by atoms with Gasteiger partial charge in [-0.3, -0.25) is 4.79 Å². The van der Waals surface area contributed by atoms with E-state index in [0.717, 1.165) is 25.3 Å². The Morgan fingerprint density at radius 2 is 2.23 bits per heavy atom. The summed E-state index contributed by atoms with van der Waals surface area (Å²) in [6, 6.07) is 9.91. The van der Waals surface area contributed by atoms with E-state index in [1.807, 2.05) is 30.3 Å². The number of quaternary nitrogens is 1. The Bertz CT molecular complexity index is 552. The summed E-state index contributed by atoms with van der Waals surface area (Å²) in [7, 11) is 0. The number of fused-ring (bicyclic) bond motifs is 3. The summed E-state index contributed by atoms with van der Waals surface area (Å²) >= 11 is 0. The summed E-state index contributed by atoms with van der Waals surface area (Å²) in [6.07, 6.45) is 7.96. The number of piperidine rings is 3. The molecule has 1 aromatic rings. The zero-order chi connectivity index (χ0) is 15.4. The Morgan fingerprint density at radius 3 is 2.91 bits per heavy atom. The van der Waals surface area contributed by atoms with E-state index in [1.165, 1.54) is 13.0 Å². The monoisotopic (exact) mass is 299 g/mol. The molecule has 22 heavy (non-hydrogen) atoms. The minimum atomic E-state index is -0.0561. The van der Waals surface area contributed by atoms with Crippen LogP contribution in [0.1, 0.15) is 12.8 Å². The molecule has 0 radical (unpaired) electrons. The van der Waals surface area contributed by atoms with Gasteiger partial charge in [0.15, 0.2) is 6.61 Å². The quantitative estimate of drug-likeness (QED) is 0.758. The number of rotatable bonds is 5. The number of ether oxygens (including phenoxy) is 1. The number of benzene rings is 1. The fourth-order valence-electron chi connectivity index (χ4n) is 3.68. The van der Waals surface area contributed by atoms with Gasteiger partial charge in [-0.05, 0) is 18.1 Å². The van der Waals surface area contributed by atoms with E-state index < -0.39 is 0 Å². The summed E-state index contributed by atoms with van der Waals surface area (Å²) in [5, 5.41) is 3.00. The van der Waals surface area contributed by atoms with Crippen LogP contribution in [0.25, 0.3) is 0 Å². The molecule has 0 aromatic heterocycles. The minimum absolute atomic E-state index is 0.0561. The molecule has 1 unspecified atom stereocenters. The highest BCUT2D eigenvalue weighted by atomic mass is 16.5. The molecule has 4 heteroatoms. The third-order valence-electron chi connectivity index (χ3n) is 4.92. The summed E-state index contributed by atoms with van der Waals surface area (Å²) in [5.41, 5.74) is 0. The van der Waals surface area contributed by atoms with Gasteiger partial charge in [0.1, 0.15) is 11.8 Å². The Labute approximate surface area is 131 Å². The first kappa shape index (κ1) is 14.9. The van der Waals surface area contributed by atoms with Crippen molar-refractivity contribution in [1.82, 2.24) is 5.32 Å². The van der Waals surface area contributed by atoms with Crippen molar-refractivity contribution >= 4 is 5.91 Å². The van der Waals surface area contributed by atoms with Crippen molar-refractivity contribution in [3.05, 3.63) is 30.3 Å². The van der Waals surface area contributed by atoms with Crippen LogP contribution >= 0.6 is 0 Å². The van der Waals surface area contributed by atoms with Gasteiger partial charge in [-0.25, -0.2) is 0 Å². The lowest BCUT2D eigenvalue weighted by Crippen LogP contribution is -3.20. The van der Waals surface area contributed by atoms with Gasteiger partial charge in [-0.15, -0.1) is 6.42 Å². The van der Waals surface area contributed by atoms with Crippen LogP contribution in [0.4, 0.5) is 0 Å². The van der Waals surface area contributed by atoms with Crippen LogP contribution in [0.3, 0.4) is 0 Å². The highest BCUT2D eigenvalue weighted by Gasteiger charge is 2.42. The van der Waals surface area contributed by atoms with Crippen LogP contribution in [-0.4, -0.2) is 38.2 Å². The van der Waals surface area contributed by atoms with Crippen molar-refractivity contribution in [2.24, 2.45) is 11.8 Å². The third kappa shape index (κ3) is 3.42. The molecule has 2 N–H and O–H groups in total. The zero-order valence-electron chi connectivity index (χ0n) is 12.8. The van der Waals surface area contributed by atoms with E-state index in [-0.39, 0.29) is 12.5 Å². The predicted molar refractivity (Wildman–Crippen MR) is 84.5 cm³/mol. The van der Waals surface area contributed by atoms with Gasteiger partial charge < -0.3 is 15.0 Å². The molecule has 1 amide bonds. The molecule has 1 aromatic carbocycles. The normalized spacial score (nSPS) is 29.6. The van der Waals surface area contributed by atoms with Gasteiger partial charge in [0.2, 0.25) is 0 Å². The molecule has 4 rings (SSSR count). The minimum Gasteiger partial charge on any atom is -0.484 e. The molecule has 3 heterocycles. The first-order valence-corrected chi connectivity index (χ1v) is 8.01. The molecule has 3 fully saturated rings. The number of terminal acetylenes is 1. The number of amides is 1. The second-order valence-corrected chi connectivity index (χ2v) is 6.27. The van der Waals surface area contributed by atoms with Crippen molar-refractivity contribution in [3.8, 4) is 18.1 Å². The number of nitrogens with one attached hydrogen (secondary N) is 2. The summed E-state index contributed by atoms with van der Waals surface area (Å²) in [6.45, 7) is 3.04. The van der Waals surface area contributed by atoms with Crippen LogP contribution in [0.2, 0.25) is 0 Å². The number of carbonyl (C=O) groups excluding carboxylic acids is 1. The summed E-state index contributed by atoms with van der Waals surface area (Å²) < 4.78 is 5.46. The largest absolute Gasteiger partial charge is 0.484 e. The lowest BCUT2D eigenvalue weighted by molar-refractivity contribution is -0.943. The van der Waals surface area contributed by atoms with E-state index in [9.17, 15) is 4.79 Å². The van der Waals surface area contributed by atoms with Crippen molar-refractivity contribution < 1.29 is 14.4 Å². The van der Waals surface area contributed by atoms with Gasteiger partial charge in [0.05, 0.1) is 25.6 Å². The van der Waals surface area contributed by atoms with Crippen LogP contribution in [0.15, 0.2) is 30.3 Å². The van der Waals surface area contributed by atoms with Gasteiger partial charge in [0.25, 0.3) is 5.91 Å². The smallest absolute Gasteiger partial charge is 0.258 e. The zero-order valence-corrected chi connectivity index (χ0v) is 12.8. The SMILES string of the molecule is C#C[C@H]1C[NH+]2CC[C@H]1C[C@@H]2CNC(=O)COc1ccccc1. The van der Waals surface area contributed by atoms with Crippen LogP contribution in [0.5, 0.6) is 5.75 Å². The molecule has 0 spiro atoms. The molecule has 0 aliphatic carbocycles. The fourth-order valence-corrected chi connectivity index (χ4v) is 3.68. The molecule has 3 saturated heterocycles. The second-order valence-electron chi connectivity index (χ2n) is 6.27. The lowest BCUT2D eigenvalue weighted by atomic mass is 9.76. The Balaban J connectivity index is 1.42. The standard InChI is InChI=1S/C18H22N2O2/c1-2-14-12-20-9-8-15(14)10-16(20)11-19-18(21)13-22-17-6-4-3-5-7-17/h1,3-7,14-16H,8-13H2,(H,19,21)/p+1/t14-,15-,16+/m0/s1. The second kappa shape index (κ2) is 6.85. The predicted octanol–water partition coefficient (Wildman–Crippen LogP) is 0.108. The summed E-state index contributed by atoms with van der Waals surface area (Å²) in [5.74, 6) is 4.67. The molecule has 116 valence electrons. The van der Waals surface area contributed by atoms with E-state index >= 15 is 0 Å². The lowest BCUT2D eigenvalue weighted by Gasteiger charge is -2.45. The Kier molecular flexibility index (Phi) is 4.65. The fraction of sp³-hybridized carbons (Fsp3) is 0.500. The van der Waals surface area contributed by atoms with Gasteiger partial charge in [-0.2, -0.15) is 0 Å². The average Bonchev–Trinajstić information content (AvgIpc) is 2.59. The molecule has 2 bridgehead atoms. The Morgan fingerprint density at radius 1 is 1.41 bits per heavy atom. The van der Waals surface area contributed by atoms with E-state index in [4.69, 9.17) is 11.2 Å². The topological polar surface area (TPSA) is 42.8 Å². The number of hydrogen-bond acceptors (Lipinski definition) is 2. The van der Waals surface area contributed by atoms with E-state index in [0.29, 0.717) is 17.9 Å². The van der Waals surface area contributed by atoms with Crippen LogP contribution in [-0.2, 0) is 4.79 Å². The molecule has 4 atom stereocenters. The number of hydrogen-bond donors (Lipinski definition) is 2. The highest BCUT2D eigenvalue weighted by molar-refractivity contribution is 5.77. The molecule has 0 saturated carbocycles. The van der Waals surface area contributed by atoms with Crippen molar-refractivity contribution in [3.63, 3.8) is 0 Å². The summed E-state index contributed by atoms with van der Waals surface area (Å²) in [4.78, 5) is 13.5. The van der Waals surface area contributed by atoms with Crippen molar-refractivity contribution in [2.75, 3.05) is 26.2 Å². The van der Waals surface area contributed by atoms with Crippen LogP contribution in [0, 0.1) is 24.2 Å². The van der Waals surface area contributed by atoms with Gasteiger partial charge in [0, 0.05) is 12.8 Å². The highest BCUT2D eigenvalue weighted by Crippen LogP contribution is 2.25. The molecular weight excluding hydrogens is 276 g/mol. The molecule has 3 aliphatic rings. The number of para-hydroxylation sites is 1. The molecule has 4 nitrogen and oxygen atoms in total. The van der Waals surface area contributed by atoms with Gasteiger partial charge >= 0.3 is 0 Å². The van der Waals surface area contributed by atoms with Crippen molar-refractivity contribution in [2.45, 2.75) is 18.9 Å². The third-order valence-corrected chi connectivity index (χ3v) is 4.92. The van der Waals surface area contributed by atoms with Crippen LogP contribution < -0.4 is 15.0 Å². The number of carbonyl (C=O) groups is 1. The van der Waals surface area contributed by atoms with Crippen molar-refractivity contribution in [1.29, 1.82) is 0 Å². The maximum atomic E-state index is 11.9.